The molecule has 1 aromatic heterocycles. The van der Waals surface area contributed by atoms with E-state index < -0.39 is 0 Å². The Balaban J connectivity index is 2.06. The molecule has 0 aliphatic rings. The van der Waals surface area contributed by atoms with Crippen LogP contribution in [0.3, 0.4) is 0 Å². The van der Waals surface area contributed by atoms with Gasteiger partial charge in [0.05, 0.1) is 5.02 Å². The second-order valence-electron chi connectivity index (χ2n) is 3.83. The fourth-order valence-corrected chi connectivity index (χ4v) is 1.86. The van der Waals surface area contributed by atoms with Crippen molar-refractivity contribution in [1.29, 1.82) is 0 Å². The number of hydrogen-bond acceptors (Lipinski definition) is 4. The molecule has 0 amide bonds. The number of nitrogens with zero attached hydrogens (tertiary/aromatic N) is 2. The van der Waals surface area contributed by atoms with E-state index in [0.717, 1.165) is 18.7 Å². The first-order chi connectivity index (χ1) is 9.19. The van der Waals surface area contributed by atoms with Gasteiger partial charge in [0.1, 0.15) is 5.75 Å². The lowest BCUT2D eigenvalue weighted by molar-refractivity contribution is 0.441. The van der Waals surface area contributed by atoms with E-state index in [-0.39, 0.29) is 6.01 Å². The van der Waals surface area contributed by atoms with E-state index in [1.165, 1.54) is 0 Å². The van der Waals surface area contributed by atoms with E-state index in [2.05, 4.69) is 15.3 Å². The Labute approximate surface area is 121 Å². The molecular formula is C13H13Cl2N3O. The molecular weight excluding hydrogens is 285 g/mol. The van der Waals surface area contributed by atoms with Crippen LogP contribution in [0.25, 0.3) is 0 Å². The van der Waals surface area contributed by atoms with Crippen LogP contribution in [0.1, 0.15) is 12.5 Å². The van der Waals surface area contributed by atoms with Gasteiger partial charge in [0.25, 0.3) is 0 Å². The minimum atomic E-state index is 0.254. The molecule has 0 radical (unpaired) electrons. The summed E-state index contributed by atoms with van der Waals surface area (Å²) in [6.45, 7) is 3.68. The zero-order valence-corrected chi connectivity index (χ0v) is 11.9. The van der Waals surface area contributed by atoms with Gasteiger partial charge in [-0.05, 0) is 24.7 Å². The molecule has 4 nitrogen and oxygen atoms in total. The summed E-state index contributed by atoms with van der Waals surface area (Å²) in [5.74, 6) is 0.477. The van der Waals surface area contributed by atoms with Crippen molar-refractivity contribution in [2.24, 2.45) is 0 Å². The topological polar surface area (TPSA) is 47.0 Å². The van der Waals surface area contributed by atoms with Crippen molar-refractivity contribution < 1.29 is 4.74 Å². The average molecular weight is 298 g/mol. The van der Waals surface area contributed by atoms with Crippen molar-refractivity contribution in [3.8, 4) is 11.8 Å². The van der Waals surface area contributed by atoms with Crippen molar-refractivity contribution >= 4 is 23.2 Å². The highest BCUT2D eigenvalue weighted by atomic mass is 35.5. The molecule has 1 heterocycles. The Bertz CT molecular complexity index is 546. The van der Waals surface area contributed by atoms with Gasteiger partial charge in [-0.2, -0.15) is 0 Å². The van der Waals surface area contributed by atoms with Crippen LogP contribution >= 0.6 is 23.2 Å². The number of hydrogen-bond donors (Lipinski definition) is 1. The Hall–Kier alpha value is -1.36. The standard InChI is InChI=1S/C13H13Cl2N3O/c1-2-16-6-9-7-17-13(18-8-9)19-12-4-3-10(14)5-11(12)15/h3-5,7-8,16H,2,6H2,1H3. The summed E-state index contributed by atoms with van der Waals surface area (Å²) in [6, 6.07) is 5.24. The number of nitrogens with one attached hydrogen (secondary N) is 1. The van der Waals surface area contributed by atoms with E-state index in [9.17, 15) is 0 Å². The lowest BCUT2D eigenvalue weighted by Crippen LogP contribution is -2.12. The van der Waals surface area contributed by atoms with Crippen molar-refractivity contribution in [2.75, 3.05) is 6.54 Å². The first-order valence-electron chi connectivity index (χ1n) is 5.83. The second kappa shape index (κ2) is 6.70. The highest BCUT2D eigenvalue weighted by Crippen LogP contribution is 2.29. The van der Waals surface area contributed by atoms with Crippen molar-refractivity contribution in [3.05, 3.63) is 46.2 Å². The van der Waals surface area contributed by atoms with E-state index in [1.807, 2.05) is 6.92 Å². The summed E-state index contributed by atoms with van der Waals surface area (Å²) in [6.07, 6.45) is 3.43. The fourth-order valence-electron chi connectivity index (χ4n) is 1.41. The molecule has 100 valence electrons. The minimum absolute atomic E-state index is 0.254. The largest absolute Gasteiger partial charge is 0.423 e. The molecule has 0 bridgehead atoms. The summed E-state index contributed by atoms with van der Waals surface area (Å²) in [7, 11) is 0. The maximum Gasteiger partial charge on any atom is 0.321 e. The lowest BCUT2D eigenvalue weighted by atomic mass is 10.3. The zero-order chi connectivity index (χ0) is 13.7. The zero-order valence-electron chi connectivity index (χ0n) is 10.4. The van der Waals surface area contributed by atoms with Crippen molar-refractivity contribution in [2.45, 2.75) is 13.5 Å². The van der Waals surface area contributed by atoms with Gasteiger partial charge in [0, 0.05) is 29.5 Å². The van der Waals surface area contributed by atoms with Gasteiger partial charge in [0.2, 0.25) is 0 Å². The van der Waals surface area contributed by atoms with Gasteiger partial charge < -0.3 is 10.1 Å². The quantitative estimate of drug-likeness (QED) is 0.914. The van der Waals surface area contributed by atoms with Gasteiger partial charge in [-0.1, -0.05) is 30.1 Å². The van der Waals surface area contributed by atoms with E-state index in [1.54, 1.807) is 30.6 Å². The molecule has 0 saturated heterocycles. The van der Waals surface area contributed by atoms with E-state index in [0.29, 0.717) is 15.8 Å². The third-order valence-corrected chi connectivity index (χ3v) is 2.89. The first kappa shape index (κ1) is 14.1. The monoisotopic (exact) mass is 297 g/mol. The van der Waals surface area contributed by atoms with Crippen LogP contribution in [0, 0.1) is 0 Å². The average Bonchev–Trinajstić information content (AvgIpc) is 2.41. The normalized spacial score (nSPS) is 10.5. The van der Waals surface area contributed by atoms with Crippen molar-refractivity contribution in [1.82, 2.24) is 15.3 Å². The second-order valence-corrected chi connectivity index (χ2v) is 4.67. The number of halogens is 2. The Kier molecular flexibility index (Phi) is 4.96. The van der Waals surface area contributed by atoms with Crippen LogP contribution in [0.15, 0.2) is 30.6 Å². The molecule has 0 unspecified atom stereocenters. The highest BCUT2D eigenvalue weighted by Gasteiger charge is 2.06. The summed E-state index contributed by atoms with van der Waals surface area (Å²) in [4.78, 5) is 8.25. The van der Waals surface area contributed by atoms with Crippen LogP contribution in [0.2, 0.25) is 10.0 Å². The predicted octanol–water partition coefficient (Wildman–Crippen LogP) is 3.69. The summed E-state index contributed by atoms with van der Waals surface area (Å²) < 4.78 is 5.49. The Morgan fingerprint density at radius 2 is 1.95 bits per heavy atom. The van der Waals surface area contributed by atoms with Gasteiger partial charge in [-0.15, -0.1) is 0 Å². The molecule has 2 aromatic rings. The van der Waals surface area contributed by atoms with Crippen LogP contribution in [0.5, 0.6) is 11.8 Å². The molecule has 1 aromatic carbocycles. The lowest BCUT2D eigenvalue weighted by Gasteiger charge is -2.06. The predicted molar refractivity (Wildman–Crippen MR) is 75.9 cm³/mol. The molecule has 2 rings (SSSR count). The smallest absolute Gasteiger partial charge is 0.321 e. The number of rotatable bonds is 5. The molecule has 0 saturated carbocycles. The number of ether oxygens (including phenoxy) is 1. The van der Waals surface area contributed by atoms with E-state index >= 15 is 0 Å². The van der Waals surface area contributed by atoms with Gasteiger partial charge in [-0.25, -0.2) is 9.97 Å². The molecule has 1 N–H and O–H groups in total. The highest BCUT2D eigenvalue weighted by molar-refractivity contribution is 6.35. The van der Waals surface area contributed by atoms with Crippen LogP contribution in [-0.4, -0.2) is 16.5 Å². The summed E-state index contributed by atoms with van der Waals surface area (Å²) in [5, 5.41) is 4.17. The molecule has 0 fully saturated rings. The van der Waals surface area contributed by atoms with Crippen molar-refractivity contribution in [3.63, 3.8) is 0 Å². The Morgan fingerprint density at radius 3 is 2.58 bits per heavy atom. The molecule has 19 heavy (non-hydrogen) atoms. The summed E-state index contributed by atoms with van der Waals surface area (Å²) in [5.41, 5.74) is 0.997. The van der Waals surface area contributed by atoms with Gasteiger partial charge >= 0.3 is 6.01 Å². The summed E-state index contributed by atoms with van der Waals surface area (Å²) >= 11 is 11.8. The molecule has 0 aliphatic heterocycles. The molecule has 0 aliphatic carbocycles. The van der Waals surface area contributed by atoms with Crippen LogP contribution in [-0.2, 0) is 6.54 Å². The fraction of sp³-hybridized carbons (Fsp3) is 0.231. The van der Waals surface area contributed by atoms with Gasteiger partial charge in [0.15, 0.2) is 0 Å². The van der Waals surface area contributed by atoms with E-state index in [4.69, 9.17) is 27.9 Å². The first-order valence-corrected chi connectivity index (χ1v) is 6.59. The molecule has 0 atom stereocenters. The molecule has 6 heteroatoms. The number of benzene rings is 1. The van der Waals surface area contributed by atoms with Crippen LogP contribution < -0.4 is 10.1 Å². The van der Waals surface area contributed by atoms with Crippen LogP contribution in [0.4, 0.5) is 0 Å². The maximum atomic E-state index is 6.00. The third kappa shape index (κ3) is 4.06. The van der Waals surface area contributed by atoms with Gasteiger partial charge in [-0.3, -0.25) is 0 Å². The molecule has 0 spiro atoms. The SMILES string of the molecule is CCNCc1cnc(Oc2ccc(Cl)cc2Cl)nc1. The Morgan fingerprint density at radius 1 is 1.21 bits per heavy atom. The number of aromatic nitrogens is 2. The minimum Gasteiger partial charge on any atom is -0.423 e. The third-order valence-electron chi connectivity index (χ3n) is 2.36. The maximum absolute atomic E-state index is 6.00.